The van der Waals surface area contributed by atoms with Crippen molar-refractivity contribution in [1.82, 2.24) is 4.98 Å². The maximum Gasteiger partial charge on any atom is 0.263 e. The number of pyridine rings is 1. The summed E-state index contributed by atoms with van der Waals surface area (Å²) in [5.41, 5.74) is 2.44. The van der Waals surface area contributed by atoms with E-state index in [9.17, 15) is 13.2 Å². The van der Waals surface area contributed by atoms with E-state index in [0.29, 0.717) is 12.2 Å². The Balaban J connectivity index is 1.63. The molecule has 8 heteroatoms. The van der Waals surface area contributed by atoms with Crippen LogP contribution in [0.3, 0.4) is 0 Å². The third-order valence-electron chi connectivity index (χ3n) is 3.83. The van der Waals surface area contributed by atoms with Gasteiger partial charge in [-0.05, 0) is 42.0 Å². The van der Waals surface area contributed by atoms with Gasteiger partial charge in [-0.1, -0.05) is 30.3 Å². The summed E-state index contributed by atoms with van der Waals surface area (Å²) < 4.78 is 27.4. The fourth-order valence-corrected chi connectivity index (χ4v) is 3.48. The molecule has 2 aromatic carbocycles. The van der Waals surface area contributed by atoms with Crippen LogP contribution in [0.4, 0.5) is 17.2 Å². The molecule has 0 saturated carbocycles. The van der Waals surface area contributed by atoms with Gasteiger partial charge in [0, 0.05) is 19.2 Å². The molecule has 0 aliphatic heterocycles. The van der Waals surface area contributed by atoms with Gasteiger partial charge in [0.25, 0.3) is 10.0 Å². The zero-order valence-electron chi connectivity index (χ0n) is 15.2. The van der Waals surface area contributed by atoms with Gasteiger partial charge in [-0.3, -0.25) is 9.52 Å². The molecule has 0 unspecified atom stereocenters. The van der Waals surface area contributed by atoms with E-state index < -0.39 is 10.0 Å². The lowest BCUT2D eigenvalue weighted by Crippen LogP contribution is -2.14. The summed E-state index contributed by atoms with van der Waals surface area (Å²) in [6.07, 6.45) is 1.57. The van der Waals surface area contributed by atoms with Crippen LogP contribution in [0.15, 0.2) is 77.8 Å². The zero-order valence-corrected chi connectivity index (χ0v) is 16.0. The molecule has 3 rings (SSSR count). The van der Waals surface area contributed by atoms with Crippen molar-refractivity contribution in [2.24, 2.45) is 0 Å². The van der Waals surface area contributed by atoms with Gasteiger partial charge in [0.1, 0.15) is 5.82 Å². The topological polar surface area (TPSA) is 100 Å². The summed E-state index contributed by atoms with van der Waals surface area (Å²) in [6.45, 7) is 2.03. The fourth-order valence-electron chi connectivity index (χ4n) is 2.48. The highest BCUT2D eigenvalue weighted by atomic mass is 32.2. The molecule has 144 valence electrons. The number of hydrogen-bond acceptors (Lipinski definition) is 5. The number of hydrogen-bond donors (Lipinski definition) is 3. The van der Waals surface area contributed by atoms with Crippen LogP contribution in [0, 0.1) is 0 Å². The summed E-state index contributed by atoms with van der Waals surface area (Å²) in [7, 11) is -3.77. The Bertz CT molecular complexity index is 1040. The normalized spacial score (nSPS) is 10.9. The third-order valence-corrected chi connectivity index (χ3v) is 5.20. The van der Waals surface area contributed by atoms with Crippen LogP contribution in [0.1, 0.15) is 12.5 Å². The maximum atomic E-state index is 12.5. The standard InChI is InChI=1S/C20H20N4O3S/c1-15(25)23-17-7-10-19(11-8-17)28(26,27)24-20-12-9-18(14-22-20)21-13-16-5-3-2-4-6-16/h2-12,14,21H,13H2,1H3,(H,22,24)(H,23,25). The first-order valence-electron chi connectivity index (χ1n) is 8.57. The molecule has 1 amide bonds. The van der Waals surface area contributed by atoms with Gasteiger partial charge in [0.2, 0.25) is 5.91 Å². The lowest BCUT2D eigenvalue weighted by atomic mass is 10.2. The van der Waals surface area contributed by atoms with Gasteiger partial charge in [-0.25, -0.2) is 13.4 Å². The number of carbonyl (C=O) groups excluding carboxylic acids is 1. The number of anilines is 3. The van der Waals surface area contributed by atoms with Crippen molar-refractivity contribution >= 4 is 33.1 Å². The van der Waals surface area contributed by atoms with E-state index >= 15 is 0 Å². The molecule has 0 saturated heterocycles. The monoisotopic (exact) mass is 396 g/mol. The first-order chi connectivity index (χ1) is 13.4. The Morgan fingerprint density at radius 2 is 1.61 bits per heavy atom. The Morgan fingerprint density at radius 1 is 0.929 bits per heavy atom. The SMILES string of the molecule is CC(=O)Nc1ccc(S(=O)(=O)Nc2ccc(NCc3ccccc3)cn2)cc1. The molecule has 0 bridgehead atoms. The lowest BCUT2D eigenvalue weighted by Gasteiger charge is -2.10. The van der Waals surface area contributed by atoms with E-state index in [0.717, 1.165) is 11.3 Å². The van der Waals surface area contributed by atoms with Crippen molar-refractivity contribution in [3.63, 3.8) is 0 Å². The van der Waals surface area contributed by atoms with Crippen LogP contribution >= 0.6 is 0 Å². The van der Waals surface area contributed by atoms with Crippen molar-refractivity contribution in [2.45, 2.75) is 18.4 Å². The summed E-state index contributed by atoms with van der Waals surface area (Å²) in [5.74, 6) is -0.00454. The van der Waals surface area contributed by atoms with E-state index in [1.165, 1.54) is 31.2 Å². The first-order valence-corrected chi connectivity index (χ1v) is 10.0. The fraction of sp³-hybridized carbons (Fsp3) is 0.100. The Morgan fingerprint density at radius 3 is 2.21 bits per heavy atom. The molecular weight excluding hydrogens is 376 g/mol. The molecule has 3 aromatic rings. The summed E-state index contributed by atoms with van der Waals surface area (Å²) in [6, 6.07) is 19.2. The van der Waals surface area contributed by atoms with Gasteiger partial charge in [0.15, 0.2) is 0 Å². The smallest absolute Gasteiger partial charge is 0.263 e. The van der Waals surface area contributed by atoms with Crippen molar-refractivity contribution in [3.05, 3.63) is 78.5 Å². The van der Waals surface area contributed by atoms with Crippen LogP contribution in [0.5, 0.6) is 0 Å². The summed E-state index contributed by atoms with van der Waals surface area (Å²) in [5, 5.41) is 5.82. The molecule has 0 spiro atoms. The molecule has 7 nitrogen and oxygen atoms in total. The molecule has 28 heavy (non-hydrogen) atoms. The number of nitrogens with one attached hydrogen (secondary N) is 3. The number of amides is 1. The van der Waals surface area contributed by atoms with E-state index in [1.807, 2.05) is 30.3 Å². The Kier molecular flexibility index (Phi) is 5.90. The molecule has 0 atom stereocenters. The molecule has 1 heterocycles. The highest BCUT2D eigenvalue weighted by molar-refractivity contribution is 7.92. The molecule has 3 N–H and O–H groups in total. The van der Waals surface area contributed by atoms with Crippen LogP contribution in [0.25, 0.3) is 0 Å². The van der Waals surface area contributed by atoms with Crippen LogP contribution < -0.4 is 15.4 Å². The number of rotatable bonds is 7. The first kappa shape index (κ1) is 19.4. The molecule has 1 aromatic heterocycles. The average molecular weight is 396 g/mol. The molecule has 0 aliphatic carbocycles. The second-order valence-electron chi connectivity index (χ2n) is 6.08. The number of carbonyl (C=O) groups is 1. The van der Waals surface area contributed by atoms with Crippen LogP contribution in [-0.2, 0) is 21.4 Å². The third kappa shape index (κ3) is 5.31. The molecule has 0 fully saturated rings. The van der Waals surface area contributed by atoms with Gasteiger partial charge >= 0.3 is 0 Å². The zero-order chi connectivity index (χ0) is 20.0. The second-order valence-corrected chi connectivity index (χ2v) is 7.76. The van der Waals surface area contributed by atoms with Gasteiger partial charge in [-0.2, -0.15) is 0 Å². The average Bonchev–Trinajstić information content (AvgIpc) is 2.68. The highest BCUT2D eigenvalue weighted by Crippen LogP contribution is 2.18. The summed E-state index contributed by atoms with van der Waals surface area (Å²) >= 11 is 0. The minimum Gasteiger partial charge on any atom is -0.380 e. The van der Waals surface area contributed by atoms with Gasteiger partial charge in [-0.15, -0.1) is 0 Å². The Hall–Kier alpha value is -3.39. The Labute approximate surface area is 163 Å². The number of benzene rings is 2. The number of nitrogens with zero attached hydrogens (tertiary/aromatic N) is 1. The number of sulfonamides is 1. The minimum atomic E-state index is -3.77. The van der Waals surface area contributed by atoms with E-state index in [-0.39, 0.29) is 16.6 Å². The largest absolute Gasteiger partial charge is 0.380 e. The molecule has 0 radical (unpaired) electrons. The van der Waals surface area contributed by atoms with Gasteiger partial charge < -0.3 is 10.6 Å². The summed E-state index contributed by atoms with van der Waals surface area (Å²) in [4.78, 5) is 15.3. The van der Waals surface area contributed by atoms with Crippen LogP contribution in [0.2, 0.25) is 0 Å². The number of aromatic nitrogens is 1. The predicted octanol–water partition coefficient (Wildman–Crippen LogP) is 3.45. The van der Waals surface area contributed by atoms with Gasteiger partial charge in [0.05, 0.1) is 16.8 Å². The van der Waals surface area contributed by atoms with Crippen molar-refractivity contribution < 1.29 is 13.2 Å². The van der Waals surface area contributed by atoms with E-state index in [4.69, 9.17) is 0 Å². The van der Waals surface area contributed by atoms with E-state index in [2.05, 4.69) is 20.3 Å². The minimum absolute atomic E-state index is 0.0784. The second kappa shape index (κ2) is 8.53. The molecule has 0 aliphatic rings. The molecular formula is C20H20N4O3S. The van der Waals surface area contributed by atoms with Crippen molar-refractivity contribution in [3.8, 4) is 0 Å². The maximum absolute atomic E-state index is 12.5. The van der Waals surface area contributed by atoms with Crippen LogP contribution in [-0.4, -0.2) is 19.3 Å². The van der Waals surface area contributed by atoms with E-state index in [1.54, 1.807) is 18.3 Å². The quantitative estimate of drug-likeness (QED) is 0.568. The van der Waals surface area contributed by atoms with Crippen molar-refractivity contribution in [2.75, 3.05) is 15.4 Å². The lowest BCUT2D eigenvalue weighted by molar-refractivity contribution is -0.114. The predicted molar refractivity (Wildman–Crippen MR) is 110 cm³/mol. The highest BCUT2D eigenvalue weighted by Gasteiger charge is 2.14. The van der Waals surface area contributed by atoms with Crippen molar-refractivity contribution in [1.29, 1.82) is 0 Å².